The van der Waals surface area contributed by atoms with Crippen LogP contribution in [0.15, 0.2) is 72.3 Å². The minimum Gasteiger partial charge on any atom is -0.481 e. The van der Waals surface area contributed by atoms with E-state index in [-0.39, 0.29) is 67.0 Å². The lowest BCUT2D eigenvalue weighted by atomic mass is 9.38. The van der Waals surface area contributed by atoms with E-state index < -0.39 is 114 Å². The number of benzene rings is 2. The highest BCUT2D eigenvalue weighted by Crippen LogP contribution is 2.71. The standard InChI is InChI=1S/C65H88N8O15/c1-38(2)67-25-9-8-10-48(69-39(3)74)56(81)68-32-53(78)71-49(21-22-54(79)80)57(82)70-44-18-13-41(14-19-44)33-85-59(83)72(6)26-27-73(7)60(84)86-34-51(77)65-52(87-58(88-65)42-15-11-40(12-16-42)30-63-35-64(66,36-63)37-63)29-47-46-20-17-43-28-45(75)23-24-61(43,4)55(46)50(76)31-62(47,65)5/h11-16,18-19,23-24,28,38,46-50,52,55,58,67,76H,8-10,17,20-22,25-27,29-37,66H2,1-7H3,(H,68,81)(H,69,74)(H,70,82)(H,71,78)(H,79,80)/t46-,47-,48-,49-,50-,52+,55+,58+,61-,62-,63?,64?,65+/m0/s1. The second-order valence-corrected chi connectivity index (χ2v) is 26.8. The Morgan fingerprint density at radius 3 is 2.16 bits per heavy atom. The molecule has 8 aliphatic rings. The summed E-state index contributed by atoms with van der Waals surface area (Å²) in [6.45, 7) is 8.87. The Morgan fingerprint density at radius 1 is 0.852 bits per heavy atom. The number of anilines is 1. The van der Waals surface area contributed by atoms with Crippen LogP contribution in [0.4, 0.5) is 15.3 Å². The maximum atomic E-state index is 15.1. The highest BCUT2D eigenvalue weighted by atomic mass is 16.7. The van der Waals surface area contributed by atoms with Crippen LogP contribution in [0.25, 0.3) is 0 Å². The van der Waals surface area contributed by atoms with Crippen molar-refractivity contribution in [2.24, 2.45) is 39.7 Å². The number of carbonyl (C=O) groups is 9. The van der Waals surface area contributed by atoms with Gasteiger partial charge in [0.2, 0.25) is 29.4 Å². The predicted molar refractivity (Wildman–Crippen MR) is 321 cm³/mol. The van der Waals surface area contributed by atoms with Gasteiger partial charge in [0.1, 0.15) is 18.7 Å². The molecule has 10 rings (SSSR count). The van der Waals surface area contributed by atoms with E-state index in [9.17, 15) is 48.6 Å². The molecule has 88 heavy (non-hydrogen) atoms. The number of nitrogens with one attached hydrogen (secondary N) is 5. The molecule has 2 aromatic rings. The number of ether oxygens (including phenoxy) is 4. The number of unbranched alkanes of at least 4 members (excludes halogenated alkanes) is 1. The third kappa shape index (κ3) is 14.0. The van der Waals surface area contributed by atoms with E-state index >= 15 is 4.79 Å². The Labute approximate surface area is 514 Å². The monoisotopic (exact) mass is 1220 g/mol. The number of allylic oxidation sites excluding steroid dienone is 4. The first kappa shape index (κ1) is 65.4. The second kappa shape index (κ2) is 26.6. The summed E-state index contributed by atoms with van der Waals surface area (Å²) in [7, 11) is 2.98. The number of hydrogen-bond acceptors (Lipinski definition) is 16. The number of Topliss-reactive ketones (excluding diaryl/α,β-unsaturated/α-hetero) is 1. The molecule has 0 spiro atoms. The van der Waals surface area contributed by atoms with Crippen LogP contribution in [-0.4, -0.2) is 162 Å². The highest BCUT2D eigenvalue weighted by Gasteiger charge is 2.76. The highest BCUT2D eigenvalue weighted by molar-refractivity contribution is 6.01. The van der Waals surface area contributed by atoms with Gasteiger partial charge in [-0.3, -0.25) is 33.6 Å². The normalized spacial score (nSPS) is 30.1. The fourth-order valence-corrected chi connectivity index (χ4v) is 15.7. The summed E-state index contributed by atoms with van der Waals surface area (Å²) in [6.07, 6.45) is 8.46. The first-order valence-electron chi connectivity index (χ1n) is 31.0. The molecule has 2 aromatic carbocycles. The van der Waals surface area contributed by atoms with Crippen LogP contribution in [0.3, 0.4) is 0 Å². The summed E-state index contributed by atoms with van der Waals surface area (Å²) in [5, 5.41) is 35.2. The van der Waals surface area contributed by atoms with Crippen molar-refractivity contribution in [1.82, 2.24) is 31.1 Å². The molecule has 2 bridgehead atoms. The van der Waals surface area contributed by atoms with Gasteiger partial charge in [-0.25, -0.2) is 9.59 Å². The van der Waals surface area contributed by atoms with E-state index in [1.54, 1.807) is 24.3 Å². The molecule has 23 nitrogen and oxygen atoms in total. The molecule has 0 unspecified atom stereocenters. The number of nitrogens with two attached hydrogens (primary N) is 1. The SMILES string of the molecule is CC(=O)N[C@@H](CCCCNC(C)C)C(=O)NCC(=O)N[C@@H](CCC(=O)O)C(=O)Nc1ccc(COC(=O)N(C)CCN(C)C(=O)OCC(=O)[C@@]23O[C@H](c4ccc(CC56CC(N)(C5)C6)cc4)O[C@@H]2C[C@H]2[C@@H]4CCC5=CC(=O)C=C[C@]5(C)[C@H]4[C@@H](O)C[C@@]23C)cc1. The molecule has 1 heterocycles. The second-order valence-electron chi connectivity index (χ2n) is 26.8. The molecular weight excluding hydrogens is 1130 g/mol. The van der Waals surface area contributed by atoms with Gasteiger partial charge in [0.25, 0.3) is 0 Å². The Balaban J connectivity index is 0.755. The van der Waals surface area contributed by atoms with Crippen LogP contribution in [0.2, 0.25) is 0 Å². The molecule has 0 radical (unpaired) electrons. The molecule has 6 amide bonds. The molecule has 478 valence electrons. The summed E-state index contributed by atoms with van der Waals surface area (Å²) in [6, 6.07) is 12.5. The number of carboxylic acids is 1. The number of nitrogens with zero attached hydrogens (tertiary/aromatic N) is 2. The molecule has 1 aliphatic heterocycles. The Bertz CT molecular complexity index is 3040. The van der Waals surface area contributed by atoms with Gasteiger partial charge in [0.15, 0.2) is 24.3 Å². The van der Waals surface area contributed by atoms with Gasteiger partial charge in [-0.1, -0.05) is 75.7 Å². The van der Waals surface area contributed by atoms with Crippen molar-refractivity contribution in [2.45, 2.75) is 172 Å². The average molecular weight is 1220 g/mol. The molecule has 7 fully saturated rings. The van der Waals surface area contributed by atoms with Gasteiger partial charge < -0.3 is 71.3 Å². The van der Waals surface area contributed by atoms with E-state index in [0.29, 0.717) is 43.0 Å². The number of hydrogen-bond donors (Lipinski definition) is 8. The number of likely N-dealkylation sites (N-methyl/N-ethyl adjacent to an activating group) is 2. The van der Waals surface area contributed by atoms with Crippen LogP contribution in [-0.2, 0) is 65.5 Å². The van der Waals surface area contributed by atoms with Gasteiger partial charge in [-0.2, -0.15) is 0 Å². The number of rotatable bonds is 27. The minimum atomic E-state index is -1.58. The molecule has 1 saturated heterocycles. The number of carbonyl (C=O) groups excluding carboxylic acids is 8. The summed E-state index contributed by atoms with van der Waals surface area (Å²) < 4.78 is 25.1. The van der Waals surface area contributed by atoms with Crippen molar-refractivity contribution in [1.29, 1.82) is 0 Å². The van der Waals surface area contributed by atoms with Crippen molar-refractivity contribution in [2.75, 3.05) is 52.2 Å². The van der Waals surface area contributed by atoms with Crippen LogP contribution in [0.5, 0.6) is 0 Å². The molecule has 9 N–H and O–H groups in total. The lowest BCUT2D eigenvalue weighted by Gasteiger charge is -2.69. The van der Waals surface area contributed by atoms with Crippen LogP contribution in [0.1, 0.15) is 135 Å². The zero-order valence-electron chi connectivity index (χ0n) is 51.7. The van der Waals surface area contributed by atoms with E-state index in [1.165, 1.54) is 48.5 Å². The van der Waals surface area contributed by atoms with Gasteiger partial charge in [-0.05, 0) is 136 Å². The van der Waals surface area contributed by atoms with E-state index in [2.05, 4.69) is 45.6 Å². The van der Waals surface area contributed by atoms with Crippen molar-refractivity contribution < 1.29 is 72.3 Å². The van der Waals surface area contributed by atoms with Crippen molar-refractivity contribution in [3.8, 4) is 0 Å². The lowest BCUT2D eigenvalue weighted by Crippen LogP contribution is -2.72. The third-order valence-corrected chi connectivity index (χ3v) is 19.9. The lowest BCUT2D eigenvalue weighted by molar-refractivity contribution is -0.201. The summed E-state index contributed by atoms with van der Waals surface area (Å²) in [4.78, 5) is 120. The fraction of sp³-hybridized carbons (Fsp3) is 0.615. The van der Waals surface area contributed by atoms with Gasteiger partial charge in [-0.15, -0.1) is 0 Å². The maximum Gasteiger partial charge on any atom is 0.409 e. The number of ketones is 2. The van der Waals surface area contributed by atoms with Crippen LogP contribution in [0, 0.1) is 34.0 Å². The zero-order valence-corrected chi connectivity index (χ0v) is 51.7. The largest absolute Gasteiger partial charge is 0.481 e. The molecule has 23 heteroatoms. The number of fused-ring (bicyclic) bond motifs is 7. The minimum absolute atomic E-state index is 0.00455. The predicted octanol–water partition coefficient (Wildman–Crippen LogP) is 5.14. The number of aliphatic carboxylic acids is 1. The average Bonchev–Trinajstić information content (AvgIpc) is 1.29. The molecular formula is C65H88N8O15. The topological polar surface area (TPSA) is 324 Å². The molecule has 0 aromatic heterocycles. The summed E-state index contributed by atoms with van der Waals surface area (Å²) in [5.74, 6) is -4.51. The first-order chi connectivity index (χ1) is 41.6. The molecule has 11 atom stereocenters. The first-order valence-corrected chi connectivity index (χ1v) is 31.0. The molecule has 6 saturated carbocycles. The Kier molecular flexibility index (Phi) is 19.7. The zero-order chi connectivity index (χ0) is 63.5. The number of aliphatic hydroxyl groups excluding tert-OH is 1. The van der Waals surface area contributed by atoms with Crippen molar-refractivity contribution >= 4 is 59.0 Å². The van der Waals surface area contributed by atoms with Crippen LogP contribution >= 0.6 is 0 Å². The van der Waals surface area contributed by atoms with E-state index in [4.69, 9.17) is 24.7 Å². The third-order valence-electron chi connectivity index (χ3n) is 19.9. The van der Waals surface area contributed by atoms with Gasteiger partial charge in [0, 0.05) is 80.1 Å². The van der Waals surface area contributed by atoms with E-state index in [1.807, 2.05) is 39.0 Å². The smallest absolute Gasteiger partial charge is 0.409 e. The van der Waals surface area contributed by atoms with Gasteiger partial charge >= 0.3 is 18.2 Å². The summed E-state index contributed by atoms with van der Waals surface area (Å²) >= 11 is 0. The number of carboxylic acid groups (broad SMARTS) is 1. The van der Waals surface area contributed by atoms with Crippen molar-refractivity contribution in [3.63, 3.8) is 0 Å². The Hall–Kier alpha value is -7.05. The van der Waals surface area contributed by atoms with Crippen LogP contribution < -0.4 is 32.3 Å². The molecule has 7 aliphatic carbocycles. The van der Waals surface area contributed by atoms with Crippen molar-refractivity contribution in [3.05, 3.63) is 89.0 Å². The maximum absolute atomic E-state index is 15.1. The quantitative estimate of drug-likeness (QED) is 0.0537. The van der Waals surface area contributed by atoms with E-state index in [0.717, 1.165) is 56.2 Å². The number of amides is 6. The Morgan fingerprint density at radius 2 is 1.51 bits per heavy atom. The summed E-state index contributed by atoms with van der Waals surface area (Å²) in [5.41, 5.74) is 7.39. The number of aliphatic hydroxyl groups is 1. The fourth-order valence-electron chi connectivity index (χ4n) is 15.7. The van der Waals surface area contributed by atoms with Gasteiger partial charge in [0.05, 0.1) is 18.8 Å².